The lowest BCUT2D eigenvalue weighted by molar-refractivity contribution is -0.112. The Bertz CT molecular complexity index is 707. The normalized spacial score (nSPS) is 20.4. The van der Waals surface area contributed by atoms with Gasteiger partial charge in [0.05, 0.1) is 19.3 Å². The molecule has 1 saturated carbocycles. The molecule has 0 spiro atoms. The fourth-order valence-electron chi connectivity index (χ4n) is 4.56. The Morgan fingerprint density at radius 3 is 1.83 bits per heavy atom. The zero-order chi connectivity index (χ0) is 20.7. The molecule has 0 heterocycles. The molecule has 2 aromatic rings. The number of ether oxygens (including phenoxy) is 1. The second-order valence-electron chi connectivity index (χ2n) is 9.06. The van der Waals surface area contributed by atoms with Crippen molar-refractivity contribution in [3.05, 3.63) is 60.7 Å². The summed E-state index contributed by atoms with van der Waals surface area (Å²) < 4.78 is 13.0. The van der Waals surface area contributed by atoms with Gasteiger partial charge in [-0.25, -0.2) is 0 Å². The number of rotatable bonds is 8. The lowest BCUT2D eigenvalue weighted by Crippen LogP contribution is -2.66. The lowest BCUT2D eigenvalue weighted by atomic mass is 9.88. The summed E-state index contributed by atoms with van der Waals surface area (Å²) >= 11 is 0. The van der Waals surface area contributed by atoms with Crippen molar-refractivity contribution in [1.82, 2.24) is 0 Å². The summed E-state index contributed by atoms with van der Waals surface area (Å²) in [5.74, 6) is 0.225. The van der Waals surface area contributed by atoms with Crippen molar-refractivity contribution in [2.75, 3.05) is 13.2 Å². The average molecular weight is 411 g/mol. The molecule has 3 rings (SSSR count). The van der Waals surface area contributed by atoms with E-state index >= 15 is 0 Å². The molecule has 1 aliphatic rings. The third-order valence-corrected chi connectivity index (χ3v) is 11.1. The van der Waals surface area contributed by atoms with Gasteiger partial charge in [-0.15, -0.1) is 0 Å². The highest BCUT2D eigenvalue weighted by Crippen LogP contribution is 2.36. The third-order valence-electron chi connectivity index (χ3n) is 6.08. The molecule has 2 aromatic carbocycles. The molecule has 0 bridgehead atoms. The van der Waals surface area contributed by atoms with Crippen LogP contribution < -0.4 is 10.4 Å². The molecule has 0 radical (unpaired) electrons. The maximum Gasteiger partial charge on any atom is 0.261 e. The second kappa shape index (κ2) is 9.83. The monoisotopic (exact) mass is 410 g/mol. The van der Waals surface area contributed by atoms with Crippen LogP contribution in [0.4, 0.5) is 0 Å². The molecule has 0 N–H and O–H groups in total. The molecule has 29 heavy (non-hydrogen) atoms. The quantitative estimate of drug-likeness (QED) is 0.369. The number of aldehydes is 1. The average Bonchev–Trinajstić information content (AvgIpc) is 2.74. The zero-order valence-corrected chi connectivity index (χ0v) is 19.0. The molecule has 0 amide bonds. The van der Waals surface area contributed by atoms with Crippen molar-refractivity contribution < 1.29 is 14.0 Å². The molecule has 1 fully saturated rings. The van der Waals surface area contributed by atoms with Crippen LogP contribution in [0.3, 0.4) is 0 Å². The molecule has 0 saturated heterocycles. The summed E-state index contributed by atoms with van der Waals surface area (Å²) in [5.41, 5.74) is 0. The SMILES string of the molecule is CC(C)(C)[Si](OCCOC1CCC(C=O)CC1)(c1ccccc1)c1ccccc1. The van der Waals surface area contributed by atoms with Gasteiger partial charge < -0.3 is 14.0 Å². The number of carbonyl (C=O) groups excluding carboxylic acids is 1. The van der Waals surface area contributed by atoms with Crippen molar-refractivity contribution in [2.45, 2.75) is 57.6 Å². The van der Waals surface area contributed by atoms with Crippen LogP contribution in [0.15, 0.2) is 60.7 Å². The lowest BCUT2D eigenvalue weighted by Gasteiger charge is -2.43. The van der Waals surface area contributed by atoms with Gasteiger partial charge in [0.2, 0.25) is 0 Å². The van der Waals surface area contributed by atoms with Crippen molar-refractivity contribution >= 4 is 25.0 Å². The minimum atomic E-state index is -2.48. The van der Waals surface area contributed by atoms with E-state index in [4.69, 9.17) is 9.16 Å². The van der Waals surface area contributed by atoms with E-state index in [9.17, 15) is 4.79 Å². The van der Waals surface area contributed by atoms with Crippen LogP contribution in [0.5, 0.6) is 0 Å². The fourth-order valence-corrected chi connectivity index (χ4v) is 9.11. The molecule has 0 aromatic heterocycles. The van der Waals surface area contributed by atoms with Gasteiger partial charge >= 0.3 is 0 Å². The van der Waals surface area contributed by atoms with Crippen LogP contribution in [-0.4, -0.2) is 33.9 Å². The Kier molecular flexibility index (Phi) is 7.44. The summed E-state index contributed by atoms with van der Waals surface area (Å²) in [6.07, 6.45) is 5.20. The molecule has 0 atom stereocenters. The summed E-state index contributed by atoms with van der Waals surface area (Å²) in [5, 5.41) is 2.58. The van der Waals surface area contributed by atoms with E-state index in [-0.39, 0.29) is 17.1 Å². The first-order valence-corrected chi connectivity index (χ1v) is 12.7. The van der Waals surface area contributed by atoms with E-state index in [1.54, 1.807) is 0 Å². The largest absolute Gasteiger partial charge is 0.405 e. The molecule has 0 aliphatic heterocycles. The molecular formula is C25H34O3Si. The number of hydrogen-bond donors (Lipinski definition) is 0. The molecule has 3 nitrogen and oxygen atoms in total. The van der Waals surface area contributed by atoms with Crippen molar-refractivity contribution in [3.63, 3.8) is 0 Å². The van der Waals surface area contributed by atoms with E-state index in [1.807, 2.05) is 0 Å². The zero-order valence-electron chi connectivity index (χ0n) is 18.0. The summed E-state index contributed by atoms with van der Waals surface area (Å²) in [7, 11) is -2.48. The third kappa shape index (κ3) is 5.06. The Morgan fingerprint density at radius 2 is 1.38 bits per heavy atom. The minimum Gasteiger partial charge on any atom is -0.405 e. The molecule has 4 heteroatoms. The van der Waals surface area contributed by atoms with Gasteiger partial charge in [-0.3, -0.25) is 0 Å². The van der Waals surface area contributed by atoms with E-state index in [1.165, 1.54) is 10.4 Å². The standard InChI is InChI=1S/C25H34O3Si/c1-25(2,3)29(23-10-6-4-7-11-23,24-12-8-5-9-13-24)28-19-18-27-22-16-14-21(20-26)15-17-22/h4-13,20-22H,14-19H2,1-3H3. The fraction of sp³-hybridized carbons (Fsp3) is 0.480. The highest BCUT2D eigenvalue weighted by Gasteiger charge is 2.50. The van der Waals surface area contributed by atoms with Gasteiger partial charge in [0.1, 0.15) is 6.29 Å². The van der Waals surface area contributed by atoms with Crippen LogP contribution in [-0.2, 0) is 14.0 Å². The van der Waals surface area contributed by atoms with Gasteiger partial charge in [0.15, 0.2) is 0 Å². The first-order valence-electron chi connectivity index (χ1n) is 10.8. The van der Waals surface area contributed by atoms with Crippen molar-refractivity contribution in [2.24, 2.45) is 5.92 Å². The van der Waals surface area contributed by atoms with Crippen molar-refractivity contribution in [1.29, 1.82) is 0 Å². The predicted octanol–water partition coefficient (Wildman–Crippen LogP) is 4.34. The topological polar surface area (TPSA) is 35.5 Å². The first kappa shape index (κ1) is 21.9. The number of benzene rings is 2. The van der Waals surface area contributed by atoms with E-state index in [2.05, 4.69) is 81.4 Å². The predicted molar refractivity (Wildman–Crippen MR) is 121 cm³/mol. The summed E-state index contributed by atoms with van der Waals surface area (Å²) in [4.78, 5) is 10.9. The van der Waals surface area contributed by atoms with Crippen LogP contribution in [0.2, 0.25) is 5.04 Å². The van der Waals surface area contributed by atoms with Gasteiger partial charge in [-0.2, -0.15) is 0 Å². The van der Waals surface area contributed by atoms with E-state index in [0.717, 1.165) is 32.0 Å². The second-order valence-corrected chi connectivity index (χ2v) is 13.4. The highest BCUT2D eigenvalue weighted by atomic mass is 28.4. The molecule has 0 unspecified atom stereocenters. The van der Waals surface area contributed by atoms with Crippen molar-refractivity contribution in [3.8, 4) is 0 Å². The molecular weight excluding hydrogens is 376 g/mol. The smallest absolute Gasteiger partial charge is 0.261 e. The Labute approximate surface area is 176 Å². The van der Waals surface area contributed by atoms with Crippen LogP contribution >= 0.6 is 0 Å². The minimum absolute atomic E-state index is 0.0161. The van der Waals surface area contributed by atoms with Gasteiger partial charge in [0.25, 0.3) is 8.32 Å². The van der Waals surface area contributed by atoms with Gasteiger partial charge in [0, 0.05) is 5.92 Å². The number of carbonyl (C=O) groups is 1. The Hall–Kier alpha value is -1.75. The van der Waals surface area contributed by atoms with Crippen LogP contribution in [0.1, 0.15) is 46.5 Å². The van der Waals surface area contributed by atoms with E-state index < -0.39 is 8.32 Å². The maximum absolute atomic E-state index is 10.9. The first-order chi connectivity index (χ1) is 14.0. The Balaban J connectivity index is 1.75. The number of hydrogen-bond acceptors (Lipinski definition) is 3. The van der Waals surface area contributed by atoms with E-state index in [0.29, 0.717) is 13.2 Å². The highest BCUT2D eigenvalue weighted by molar-refractivity contribution is 6.99. The van der Waals surface area contributed by atoms with Gasteiger partial charge in [-0.05, 0) is 41.1 Å². The van der Waals surface area contributed by atoms with Crippen LogP contribution in [0, 0.1) is 5.92 Å². The summed E-state index contributed by atoms with van der Waals surface area (Å²) in [6, 6.07) is 21.4. The molecule has 156 valence electrons. The molecule has 1 aliphatic carbocycles. The summed E-state index contributed by atoms with van der Waals surface area (Å²) in [6.45, 7) is 8.06. The Morgan fingerprint density at radius 1 is 0.862 bits per heavy atom. The van der Waals surface area contributed by atoms with Crippen LogP contribution in [0.25, 0.3) is 0 Å². The maximum atomic E-state index is 10.9. The van der Waals surface area contributed by atoms with Gasteiger partial charge in [-0.1, -0.05) is 81.4 Å².